The average molecular weight is 411 g/mol. The van der Waals surface area contributed by atoms with Gasteiger partial charge in [0.2, 0.25) is 6.10 Å². The minimum atomic E-state index is -0.792. The number of cyclic esters (lactones) is 1. The quantitative estimate of drug-likeness (QED) is 0.557. The lowest BCUT2D eigenvalue weighted by Gasteiger charge is -2.09. The highest BCUT2D eigenvalue weighted by atomic mass is 79.9. The van der Waals surface area contributed by atoms with Crippen molar-refractivity contribution in [2.45, 2.75) is 30.7 Å². The first kappa shape index (κ1) is 17.0. The minimum Gasteiger partial charge on any atom is -0.460 e. The SMILES string of the molecule is CC1CC(OC(=O)CSc2nccn2-c2ccc(Br)cc2)C(=O)O1. The van der Waals surface area contributed by atoms with Crippen LogP contribution in [0.3, 0.4) is 0 Å². The highest BCUT2D eigenvalue weighted by Crippen LogP contribution is 2.23. The average Bonchev–Trinajstić information content (AvgIpc) is 3.13. The van der Waals surface area contributed by atoms with Gasteiger partial charge in [-0.05, 0) is 31.2 Å². The van der Waals surface area contributed by atoms with E-state index in [0.29, 0.717) is 11.6 Å². The number of thioether (sulfide) groups is 1. The van der Waals surface area contributed by atoms with E-state index in [1.807, 2.05) is 35.0 Å². The summed E-state index contributed by atoms with van der Waals surface area (Å²) in [5, 5.41) is 0.677. The summed E-state index contributed by atoms with van der Waals surface area (Å²) in [6.07, 6.45) is 2.90. The minimum absolute atomic E-state index is 0.0751. The van der Waals surface area contributed by atoms with Crippen molar-refractivity contribution in [2.24, 2.45) is 0 Å². The zero-order valence-corrected chi connectivity index (χ0v) is 15.2. The fourth-order valence-electron chi connectivity index (χ4n) is 2.33. The van der Waals surface area contributed by atoms with Crippen molar-refractivity contribution in [2.75, 3.05) is 5.75 Å². The molecule has 1 aliphatic heterocycles. The molecule has 0 aliphatic carbocycles. The van der Waals surface area contributed by atoms with Crippen molar-refractivity contribution in [3.63, 3.8) is 0 Å². The van der Waals surface area contributed by atoms with Gasteiger partial charge in [0.25, 0.3) is 0 Å². The Labute approximate surface area is 151 Å². The molecule has 1 fully saturated rings. The third kappa shape index (κ3) is 3.99. The number of imidazole rings is 1. The standard InChI is InChI=1S/C16H15BrN2O4S/c1-10-8-13(15(21)22-10)23-14(20)9-24-16-18-6-7-19(16)12-4-2-11(17)3-5-12/h2-7,10,13H,8-9H2,1H3. The fourth-order valence-corrected chi connectivity index (χ4v) is 3.35. The Hall–Kier alpha value is -1.80. The number of benzene rings is 1. The Kier molecular flexibility index (Phi) is 5.25. The van der Waals surface area contributed by atoms with Crippen LogP contribution in [-0.4, -0.2) is 39.5 Å². The lowest BCUT2D eigenvalue weighted by Crippen LogP contribution is -2.23. The van der Waals surface area contributed by atoms with Gasteiger partial charge in [0.15, 0.2) is 5.16 Å². The molecule has 0 N–H and O–H groups in total. The van der Waals surface area contributed by atoms with Crippen LogP contribution in [0.25, 0.3) is 5.69 Å². The van der Waals surface area contributed by atoms with Crippen LogP contribution in [0.5, 0.6) is 0 Å². The van der Waals surface area contributed by atoms with E-state index in [0.717, 1.165) is 10.2 Å². The lowest BCUT2D eigenvalue weighted by molar-refractivity contribution is -0.159. The van der Waals surface area contributed by atoms with Crippen LogP contribution in [0, 0.1) is 0 Å². The van der Waals surface area contributed by atoms with Gasteiger partial charge >= 0.3 is 11.9 Å². The zero-order chi connectivity index (χ0) is 17.1. The molecule has 2 aromatic rings. The summed E-state index contributed by atoms with van der Waals surface area (Å²) in [5.74, 6) is -0.857. The van der Waals surface area contributed by atoms with E-state index >= 15 is 0 Å². The van der Waals surface area contributed by atoms with Gasteiger partial charge in [-0.2, -0.15) is 0 Å². The molecule has 2 atom stereocenters. The molecule has 126 valence electrons. The highest BCUT2D eigenvalue weighted by Gasteiger charge is 2.34. The van der Waals surface area contributed by atoms with E-state index < -0.39 is 18.0 Å². The van der Waals surface area contributed by atoms with Crippen LogP contribution in [-0.2, 0) is 19.1 Å². The lowest BCUT2D eigenvalue weighted by atomic mass is 10.2. The van der Waals surface area contributed by atoms with E-state index in [2.05, 4.69) is 20.9 Å². The van der Waals surface area contributed by atoms with Gasteiger partial charge in [0, 0.05) is 29.0 Å². The zero-order valence-electron chi connectivity index (χ0n) is 12.8. The first-order valence-electron chi connectivity index (χ1n) is 7.35. The topological polar surface area (TPSA) is 70.4 Å². The van der Waals surface area contributed by atoms with Crippen molar-refractivity contribution in [1.82, 2.24) is 9.55 Å². The van der Waals surface area contributed by atoms with Crippen molar-refractivity contribution < 1.29 is 19.1 Å². The molecule has 3 rings (SSSR count). The van der Waals surface area contributed by atoms with E-state index in [1.54, 1.807) is 13.1 Å². The van der Waals surface area contributed by atoms with Crippen molar-refractivity contribution >= 4 is 39.6 Å². The third-order valence-corrected chi connectivity index (χ3v) is 4.90. The molecule has 1 aliphatic rings. The molecular formula is C16H15BrN2O4S. The van der Waals surface area contributed by atoms with Gasteiger partial charge in [0.05, 0.1) is 5.75 Å². The number of halogens is 1. The molecule has 0 saturated carbocycles. The molecule has 0 spiro atoms. The van der Waals surface area contributed by atoms with Crippen molar-refractivity contribution in [3.8, 4) is 5.69 Å². The van der Waals surface area contributed by atoms with E-state index in [1.165, 1.54) is 11.8 Å². The highest BCUT2D eigenvalue weighted by molar-refractivity contribution is 9.10. The van der Waals surface area contributed by atoms with Crippen LogP contribution in [0.15, 0.2) is 46.3 Å². The Morgan fingerprint density at radius 3 is 2.88 bits per heavy atom. The van der Waals surface area contributed by atoms with E-state index in [-0.39, 0.29) is 11.9 Å². The molecule has 1 aromatic heterocycles. The summed E-state index contributed by atoms with van der Waals surface area (Å²) in [7, 11) is 0. The number of carbonyl (C=O) groups is 2. The summed E-state index contributed by atoms with van der Waals surface area (Å²) >= 11 is 4.66. The second-order valence-electron chi connectivity index (χ2n) is 5.31. The largest absolute Gasteiger partial charge is 0.460 e. The predicted octanol–water partition coefficient (Wildman–Crippen LogP) is 2.97. The molecule has 24 heavy (non-hydrogen) atoms. The fraction of sp³-hybridized carbons (Fsp3) is 0.312. The molecule has 8 heteroatoms. The Morgan fingerprint density at radius 2 is 2.21 bits per heavy atom. The molecule has 2 heterocycles. The van der Waals surface area contributed by atoms with Gasteiger partial charge in [-0.1, -0.05) is 27.7 Å². The summed E-state index contributed by atoms with van der Waals surface area (Å²) in [6, 6.07) is 7.77. The van der Waals surface area contributed by atoms with Gasteiger partial charge in [-0.25, -0.2) is 9.78 Å². The van der Waals surface area contributed by atoms with Crippen molar-refractivity contribution in [3.05, 3.63) is 41.1 Å². The van der Waals surface area contributed by atoms with Crippen LogP contribution < -0.4 is 0 Å². The number of ether oxygens (including phenoxy) is 2. The van der Waals surface area contributed by atoms with Crippen LogP contribution in [0.4, 0.5) is 0 Å². The van der Waals surface area contributed by atoms with Crippen LogP contribution in [0.2, 0.25) is 0 Å². The summed E-state index contributed by atoms with van der Waals surface area (Å²) < 4.78 is 13.0. The maximum atomic E-state index is 11.9. The second-order valence-corrected chi connectivity index (χ2v) is 7.16. The smallest absolute Gasteiger partial charge is 0.347 e. The molecule has 2 unspecified atom stereocenters. The number of nitrogens with zero attached hydrogens (tertiary/aromatic N) is 2. The monoisotopic (exact) mass is 410 g/mol. The Bertz CT molecular complexity index is 747. The molecular weight excluding hydrogens is 396 g/mol. The molecule has 1 aromatic carbocycles. The summed E-state index contributed by atoms with van der Waals surface area (Å²) in [4.78, 5) is 27.7. The summed E-state index contributed by atoms with van der Waals surface area (Å²) in [5.41, 5.74) is 0.944. The Morgan fingerprint density at radius 1 is 1.46 bits per heavy atom. The first-order chi connectivity index (χ1) is 11.5. The number of aromatic nitrogens is 2. The van der Waals surface area contributed by atoms with E-state index in [9.17, 15) is 9.59 Å². The molecule has 0 radical (unpaired) electrons. The molecule has 1 saturated heterocycles. The van der Waals surface area contributed by atoms with Gasteiger partial charge < -0.3 is 9.47 Å². The van der Waals surface area contributed by atoms with Crippen molar-refractivity contribution in [1.29, 1.82) is 0 Å². The maximum Gasteiger partial charge on any atom is 0.347 e. The molecule has 0 amide bonds. The van der Waals surface area contributed by atoms with Crippen LogP contribution in [0.1, 0.15) is 13.3 Å². The van der Waals surface area contributed by atoms with Gasteiger partial charge in [0.1, 0.15) is 6.10 Å². The Balaban J connectivity index is 1.59. The number of carbonyl (C=O) groups excluding carboxylic acids is 2. The van der Waals surface area contributed by atoms with E-state index in [4.69, 9.17) is 9.47 Å². The normalized spacial score (nSPS) is 20.0. The number of rotatable bonds is 5. The number of hydrogen-bond donors (Lipinski definition) is 0. The third-order valence-electron chi connectivity index (χ3n) is 3.43. The second kappa shape index (κ2) is 7.40. The number of hydrogen-bond acceptors (Lipinski definition) is 6. The van der Waals surface area contributed by atoms with Crippen LogP contribution >= 0.6 is 27.7 Å². The molecule has 6 nitrogen and oxygen atoms in total. The predicted molar refractivity (Wildman–Crippen MR) is 92.0 cm³/mol. The molecule has 0 bridgehead atoms. The first-order valence-corrected chi connectivity index (χ1v) is 9.13. The number of esters is 2. The van der Waals surface area contributed by atoms with Gasteiger partial charge in [-0.3, -0.25) is 9.36 Å². The van der Waals surface area contributed by atoms with Gasteiger partial charge in [-0.15, -0.1) is 0 Å². The summed E-state index contributed by atoms with van der Waals surface area (Å²) in [6.45, 7) is 1.77. The maximum absolute atomic E-state index is 11.9.